The van der Waals surface area contributed by atoms with Gasteiger partial charge in [-0.1, -0.05) is 132 Å². The second-order valence-corrected chi connectivity index (χ2v) is 23.6. The minimum atomic E-state index is -1.37. The van der Waals surface area contributed by atoms with E-state index < -0.39 is 82.8 Å². The molecule has 2 unspecified atom stereocenters. The number of para-hydroxylation sites is 2. The number of benzene rings is 4. The summed E-state index contributed by atoms with van der Waals surface area (Å²) in [5.41, 5.74) is 15.9. The monoisotopic (exact) mass is 1190 g/mol. The summed E-state index contributed by atoms with van der Waals surface area (Å²) in [6.45, 7) is 5.43. The number of nitrogens with two attached hydrogens (primary N) is 2. The molecule has 20 nitrogen and oxygen atoms in total. The highest BCUT2D eigenvalue weighted by Crippen LogP contribution is 2.32. The first kappa shape index (κ1) is 63.1. The molecule has 0 spiro atoms. The number of aromatic nitrogens is 2. The maximum Gasteiger partial charge on any atom is 0.257 e. The van der Waals surface area contributed by atoms with Crippen LogP contribution in [0.4, 0.5) is 0 Å². The van der Waals surface area contributed by atoms with Crippen molar-refractivity contribution < 1.29 is 38.4 Å². The molecule has 4 aromatic carbocycles. The molecular weight excluding hydrogens is 1120 g/mol. The number of amides is 8. The van der Waals surface area contributed by atoms with Gasteiger partial charge in [0.25, 0.3) is 17.7 Å². The van der Waals surface area contributed by atoms with E-state index in [0.29, 0.717) is 97.9 Å². The van der Waals surface area contributed by atoms with E-state index in [1.165, 1.54) is 9.80 Å². The molecule has 85 heavy (non-hydrogen) atoms. The highest BCUT2D eigenvalue weighted by Gasteiger charge is 2.42. The van der Waals surface area contributed by atoms with Crippen molar-refractivity contribution >= 4 is 90.7 Å². The van der Waals surface area contributed by atoms with Gasteiger partial charge in [-0.25, -0.2) is 0 Å². The highest BCUT2D eigenvalue weighted by molar-refractivity contribution is 8.77. The number of carbonyl (C=O) groups excluding carboxylic acids is 8. The largest absolute Gasteiger partial charge is 0.354 e. The first-order valence-electron chi connectivity index (χ1n) is 29.2. The van der Waals surface area contributed by atoms with Gasteiger partial charge in [-0.2, -0.15) is 0 Å². The van der Waals surface area contributed by atoms with Gasteiger partial charge in [0.1, 0.15) is 30.2 Å². The number of hydrogen-bond donors (Lipinski definition) is 8. The molecule has 8 amide bonds. The molecule has 2 aliphatic rings. The van der Waals surface area contributed by atoms with Crippen LogP contribution in [0.15, 0.2) is 121 Å². The Morgan fingerprint density at radius 1 is 0.553 bits per heavy atom. The van der Waals surface area contributed by atoms with Crippen molar-refractivity contribution in [1.82, 2.24) is 51.7 Å². The van der Waals surface area contributed by atoms with E-state index in [1.807, 2.05) is 123 Å². The molecule has 4 heterocycles. The summed E-state index contributed by atoms with van der Waals surface area (Å²) in [4.78, 5) is 128. The molecule has 2 fully saturated rings. The Kier molecular flexibility index (Phi) is 23.2. The van der Waals surface area contributed by atoms with Gasteiger partial charge >= 0.3 is 0 Å². The zero-order chi connectivity index (χ0) is 60.2. The second-order valence-electron chi connectivity index (χ2n) is 21.1. The van der Waals surface area contributed by atoms with Gasteiger partial charge in [-0.05, 0) is 99.8 Å². The summed E-state index contributed by atoms with van der Waals surface area (Å²) in [5, 5.41) is 17.6. The molecule has 0 saturated carbocycles. The molecule has 6 aromatic rings. The molecule has 2 saturated heterocycles. The van der Waals surface area contributed by atoms with Crippen LogP contribution in [0.5, 0.6) is 0 Å². The summed E-state index contributed by atoms with van der Waals surface area (Å²) >= 11 is 0. The van der Waals surface area contributed by atoms with Crippen molar-refractivity contribution in [3.63, 3.8) is 0 Å². The number of fused-ring (bicyclic) bond motifs is 2. The Bertz CT molecular complexity index is 3110. The van der Waals surface area contributed by atoms with Crippen LogP contribution in [0, 0.1) is 0 Å². The fraction of sp³-hybridized carbons (Fsp3) is 0.397. The minimum Gasteiger partial charge on any atom is -0.354 e. The molecule has 2 aliphatic heterocycles. The van der Waals surface area contributed by atoms with Gasteiger partial charge < -0.3 is 53.2 Å². The average Bonchev–Trinajstić information content (AvgIpc) is 4.17. The van der Waals surface area contributed by atoms with Crippen LogP contribution in [0.3, 0.4) is 0 Å². The molecule has 8 rings (SSSR count). The molecule has 2 aromatic heterocycles. The van der Waals surface area contributed by atoms with Crippen LogP contribution in [0.25, 0.3) is 21.8 Å². The summed E-state index contributed by atoms with van der Waals surface area (Å²) < 4.78 is 0. The third-order valence-electron chi connectivity index (χ3n) is 15.1. The van der Waals surface area contributed by atoms with Crippen molar-refractivity contribution in [2.24, 2.45) is 11.5 Å². The lowest BCUT2D eigenvalue weighted by molar-refractivity contribution is -0.140. The molecular formula is C63H76N12O8S2. The number of nitrogens with zero attached hydrogens (tertiary/aromatic N) is 4. The Balaban J connectivity index is 1.08. The summed E-state index contributed by atoms with van der Waals surface area (Å²) in [7, 11) is 2.00. The predicted molar refractivity (Wildman–Crippen MR) is 332 cm³/mol. The predicted octanol–water partition coefficient (Wildman–Crippen LogP) is 4.51. The zero-order valence-corrected chi connectivity index (χ0v) is 49.7. The quantitative estimate of drug-likeness (QED) is 0.0191. The van der Waals surface area contributed by atoms with Crippen molar-refractivity contribution in [1.29, 1.82) is 0 Å². The van der Waals surface area contributed by atoms with E-state index in [1.54, 1.807) is 12.1 Å². The van der Waals surface area contributed by atoms with E-state index in [9.17, 15) is 28.8 Å². The first-order chi connectivity index (χ1) is 41.3. The molecule has 448 valence electrons. The molecule has 0 aliphatic carbocycles. The summed E-state index contributed by atoms with van der Waals surface area (Å²) in [6.07, 6.45) is 3.70. The van der Waals surface area contributed by atoms with Gasteiger partial charge in [-0.15, -0.1) is 0 Å². The van der Waals surface area contributed by atoms with Crippen molar-refractivity contribution in [3.8, 4) is 0 Å². The van der Waals surface area contributed by atoms with E-state index >= 15 is 9.59 Å². The van der Waals surface area contributed by atoms with Crippen LogP contribution < -0.4 is 43.4 Å². The van der Waals surface area contributed by atoms with Crippen LogP contribution in [0.2, 0.25) is 0 Å². The number of hydrogen-bond acceptors (Lipinski definition) is 14. The molecule has 22 heteroatoms. The minimum absolute atomic E-state index is 0.162. The van der Waals surface area contributed by atoms with Crippen molar-refractivity contribution in [3.05, 3.63) is 155 Å². The fourth-order valence-electron chi connectivity index (χ4n) is 10.6. The highest BCUT2D eigenvalue weighted by atomic mass is 33.1. The average molecular weight is 1190 g/mol. The second kappa shape index (κ2) is 31.3. The Morgan fingerprint density at radius 3 is 1.45 bits per heavy atom. The third kappa shape index (κ3) is 16.7. The SMILES string of the molecule is CCc1nc2ccccc2cc1C(=O)N[C@@H](CSS[C@@H](NC(=O)c1cc2ccccc2nc1CC)C(=O)N1CCCC1C(=O)N[C@@H](Cc1ccccc1)C(=O)NCCCN)C(=O)N1CCCC1C(=O)N[C@@H](Cc1ccccc1)C(=O)NCCCN. The first-order valence-corrected chi connectivity index (χ1v) is 31.6. The van der Waals surface area contributed by atoms with Crippen LogP contribution in [0.1, 0.15) is 95.6 Å². The van der Waals surface area contributed by atoms with E-state index in [2.05, 4.69) is 31.9 Å². The molecule has 0 bridgehead atoms. The maximum atomic E-state index is 15.3. The fourth-order valence-corrected chi connectivity index (χ4v) is 13.0. The number of likely N-dealkylation sites (tertiary alicyclic amines) is 2. The molecule has 0 radical (unpaired) electrons. The topological polar surface area (TPSA) is 293 Å². The third-order valence-corrected chi connectivity index (χ3v) is 17.6. The lowest BCUT2D eigenvalue weighted by Gasteiger charge is -2.31. The standard InChI is InChI=1S/C63H76N12O8S2/c1-3-46-44(37-42-23-11-13-25-48(42)68-46)55(76)72-52(62(82)74-33-15-27-53(74)59(80)70-50(57(78)66-31-17-29-64)35-40-19-7-5-8-20-40)39-84-85-61(73-56(77)45-38-43-24-12-14-26-49(43)69-47(45)4-2)63(83)75-34-16-28-54(75)60(81)71-51(58(79)67-32-18-30-65)36-41-21-9-6-10-22-41/h5-14,19-26,37-38,50-54,61H,3-4,15-18,27-36,39,64-65H2,1-2H3,(H,66,78)(H,67,79)(H,70,80)(H,71,81)(H,72,76)(H,73,77)/t50-,51-,52-,53?,54?,61+/m0/s1. The van der Waals surface area contributed by atoms with Crippen molar-refractivity contribution in [2.75, 3.05) is 45.0 Å². The van der Waals surface area contributed by atoms with Gasteiger partial charge in [-0.3, -0.25) is 48.3 Å². The van der Waals surface area contributed by atoms with Crippen LogP contribution in [-0.2, 0) is 54.5 Å². The molecule has 10 N–H and O–H groups in total. The Hall–Kier alpha value is -7.92. The van der Waals surface area contributed by atoms with E-state index in [-0.39, 0.29) is 55.7 Å². The van der Waals surface area contributed by atoms with E-state index in [4.69, 9.17) is 21.4 Å². The van der Waals surface area contributed by atoms with E-state index in [0.717, 1.165) is 32.7 Å². The Morgan fingerprint density at radius 2 is 0.988 bits per heavy atom. The van der Waals surface area contributed by atoms with Gasteiger partial charge in [0, 0.05) is 55.5 Å². The summed E-state index contributed by atoms with van der Waals surface area (Å²) in [6, 6.07) is 31.5. The van der Waals surface area contributed by atoms with Gasteiger partial charge in [0.15, 0.2) is 5.37 Å². The molecule has 6 atom stereocenters. The van der Waals surface area contributed by atoms with Crippen LogP contribution >= 0.6 is 21.6 Å². The zero-order valence-electron chi connectivity index (χ0n) is 48.1. The lowest BCUT2D eigenvalue weighted by atomic mass is 10.0. The lowest BCUT2D eigenvalue weighted by Crippen LogP contribution is -2.57. The van der Waals surface area contributed by atoms with Crippen molar-refractivity contribution in [2.45, 2.75) is 114 Å². The smallest absolute Gasteiger partial charge is 0.257 e. The Labute approximate surface area is 503 Å². The van der Waals surface area contributed by atoms with Gasteiger partial charge in [0.2, 0.25) is 29.5 Å². The van der Waals surface area contributed by atoms with Crippen LogP contribution in [-0.4, -0.2) is 148 Å². The number of pyridine rings is 2. The van der Waals surface area contributed by atoms with Gasteiger partial charge in [0.05, 0.1) is 33.5 Å². The number of rotatable bonds is 28. The number of aryl methyl sites for hydroxylation is 2. The number of nitrogens with one attached hydrogen (secondary N) is 6. The normalized spacial score (nSPS) is 16.2. The summed E-state index contributed by atoms with van der Waals surface area (Å²) in [5.74, 6) is -4.40. The number of carbonyl (C=O) groups is 8. The maximum absolute atomic E-state index is 15.3.